The van der Waals surface area contributed by atoms with Crippen LogP contribution in [0.15, 0.2) is 47.6 Å². The second-order valence-corrected chi connectivity index (χ2v) is 6.21. The predicted molar refractivity (Wildman–Crippen MR) is 115 cm³/mol. The number of hydrazone groups is 1. The van der Waals surface area contributed by atoms with E-state index in [1.165, 1.54) is 13.3 Å². The van der Waals surface area contributed by atoms with E-state index in [0.717, 1.165) is 12.0 Å². The molecule has 0 heterocycles. The molecule has 0 spiro atoms. The van der Waals surface area contributed by atoms with E-state index in [9.17, 15) is 9.59 Å². The van der Waals surface area contributed by atoms with Gasteiger partial charge in [0, 0.05) is 0 Å². The van der Waals surface area contributed by atoms with Gasteiger partial charge in [-0.2, -0.15) is 5.10 Å². The number of nitrogens with zero attached hydrogens (tertiary/aromatic N) is 1. The molecular formula is C22H27N3O5. The number of hydrogen-bond donors (Lipinski definition) is 2. The number of carbonyl (C=O) groups excluding carboxylic acids is 2. The van der Waals surface area contributed by atoms with Crippen LogP contribution in [0.4, 0.5) is 5.69 Å². The molecule has 30 heavy (non-hydrogen) atoms. The highest BCUT2D eigenvalue weighted by molar-refractivity contribution is 6.04. The van der Waals surface area contributed by atoms with Gasteiger partial charge >= 0.3 is 0 Å². The largest absolute Gasteiger partial charge is 0.495 e. The van der Waals surface area contributed by atoms with Crippen molar-refractivity contribution in [3.8, 4) is 17.2 Å². The van der Waals surface area contributed by atoms with Crippen LogP contribution in [0.25, 0.3) is 0 Å². The third kappa shape index (κ3) is 7.12. The summed E-state index contributed by atoms with van der Waals surface area (Å²) in [7, 11) is 1.51. The molecule has 0 aliphatic carbocycles. The first-order valence-electron chi connectivity index (χ1n) is 9.71. The molecule has 0 aliphatic rings. The maximum atomic E-state index is 12.1. The van der Waals surface area contributed by atoms with E-state index >= 15 is 0 Å². The monoisotopic (exact) mass is 413 g/mol. The summed E-state index contributed by atoms with van der Waals surface area (Å²) in [6, 6.07) is 12.3. The molecule has 8 nitrogen and oxygen atoms in total. The zero-order valence-corrected chi connectivity index (χ0v) is 17.4. The van der Waals surface area contributed by atoms with Gasteiger partial charge in [-0.1, -0.05) is 19.1 Å². The first-order chi connectivity index (χ1) is 14.6. The molecule has 2 N–H and O–H groups in total. The van der Waals surface area contributed by atoms with Crippen LogP contribution in [-0.4, -0.2) is 38.4 Å². The number of anilines is 1. The molecule has 0 aliphatic heterocycles. The highest BCUT2D eigenvalue weighted by Gasteiger charge is 2.11. The number of carbonyl (C=O) groups is 2. The molecule has 0 aromatic heterocycles. The number of ether oxygens (including phenoxy) is 3. The Morgan fingerprint density at radius 1 is 1.00 bits per heavy atom. The number of methoxy groups -OCH3 is 1. The van der Waals surface area contributed by atoms with Crippen molar-refractivity contribution < 1.29 is 23.8 Å². The molecule has 8 heteroatoms. The lowest BCUT2D eigenvalue weighted by atomic mass is 10.2. The summed E-state index contributed by atoms with van der Waals surface area (Å²) in [4.78, 5) is 24.0. The van der Waals surface area contributed by atoms with Gasteiger partial charge in [0.1, 0.15) is 12.2 Å². The van der Waals surface area contributed by atoms with Crippen LogP contribution in [0, 0.1) is 0 Å². The number of para-hydroxylation sites is 2. The van der Waals surface area contributed by atoms with E-state index in [1.807, 2.05) is 13.8 Å². The van der Waals surface area contributed by atoms with Crippen LogP contribution in [0.3, 0.4) is 0 Å². The van der Waals surface area contributed by atoms with Crippen LogP contribution in [0.2, 0.25) is 0 Å². The van der Waals surface area contributed by atoms with Crippen molar-refractivity contribution in [3.63, 3.8) is 0 Å². The summed E-state index contributed by atoms with van der Waals surface area (Å²) >= 11 is 0. The third-order valence-electron chi connectivity index (χ3n) is 3.83. The third-order valence-corrected chi connectivity index (χ3v) is 3.83. The normalized spacial score (nSPS) is 10.5. The minimum absolute atomic E-state index is 0.372. The molecule has 2 aromatic carbocycles. The SMILES string of the molecule is CCCOc1ccc(C=NNC(=O)CC(=O)Nc2ccccc2OC)cc1OCC. The van der Waals surface area contributed by atoms with Gasteiger partial charge in [0.2, 0.25) is 11.8 Å². The zero-order chi connectivity index (χ0) is 21.8. The van der Waals surface area contributed by atoms with Gasteiger partial charge in [-0.15, -0.1) is 0 Å². The van der Waals surface area contributed by atoms with Crippen LogP contribution in [0.5, 0.6) is 17.2 Å². The van der Waals surface area contributed by atoms with Crippen LogP contribution in [0.1, 0.15) is 32.3 Å². The van der Waals surface area contributed by atoms with E-state index in [1.54, 1.807) is 42.5 Å². The predicted octanol–water partition coefficient (Wildman–Crippen LogP) is 3.36. The van der Waals surface area contributed by atoms with E-state index in [4.69, 9.17) is 14.2 Å². The number of amides is 2. The fourth-order valence-corrected chi connectivity index (χ4v) is 2.51. The lowest BCUT2D eigenvalue weighted by Crippen LogP contribution is -2.24. The Morgan fingerprint density at radius 3 is 2.53 bits per heavy atom. The quantitative estimate of drug-likeness (QED) is 0.334. The van der Waals surface area contributed by atoms with Gasteiger partial charge in [0.25, 0.3) is 0 Å². The fraction of sp³-hybridized carbons (Fsp3) is 0.318. The Bertz CT molecular complexity index is 883. The first kappa shape index (κ1) is 22.7. The molecule has 2 amide bonds. The van der Waals surface area contributed by atoms with Crippen molar-refractivity contribution in [2.75, 3.05) is 25.6 Å². The number of rotatable bonds is 11. The Labute approximate surface area is 176 Å². The molecule has 0 radical (unpaired) electrons. The number of benzene rings is 2. The molecule has 2 rings (SSSR count). The number of hydrogen-bond acceptors (Lipinski definition) is 6. The molecule has 0 unspecified atom stereocenters. The second kappa shape index (κ2) is 12.1. The van der Waals surface area contributed by atoms with E-state index < -0.39 is 11.8 Å². The average molecular weight is 413 g/mol. The second-order valence-electron chi connectivity index (χ2n) is 6.21. The van der Waals surface area contributed by atoms with Crippen molar-refractivity contribution in [1.82, 2.24) is 5.43 Å². The summed E-state index contributed by atoms with van der Waals surface area (Å²) in [6.07, 6.45) is 2.00. The Kier molecular flexibility index (Phi) is 9.18. The smallest absolute Gasteiger partial charge is 0.249 e. The van der Waals surface area contributed by atoms with Crippen molar-refractivity contribution >= 4 is 23.7 Å². The Balaban J connectivity index is 1.90. The molecule has 2 aromatic rings. The Hall–Kier alpha value is -3.55. The highest BCUT2D eigenvalue weighted by atomic mass is 16.5. The van der Waals surface area contributed by atoms with Crippen molar-refractivity contribution in [2.24, 2.45) is 5.10 Å². The molecule has 0 saturated carbocycles. The Morgan fingerprint density at radius 2 is 1.80 bits per heavy atom. The standard InChI is InChI=1S/C22H27N3O5/c1-4-12-30-19-11-10-16(13-20(19)29-5-2)15-23-25-22(27)14-21(26)24-17-8-6-7-9-18(17)28-3/h6-11,13,15H,4-5,12,14H2,1-3H3,(H,24,26)(H,25,27). The molecule has 0 saturated heterocycles. The van der Waals surface area contributed by atoms with Crippen molar-refractivity contribution in [1.29, 1.82) is 0 Å². The topological polar surface area (TPSA) is 98.2 Å². The summed E-state index contributed by atoms with van der Waals surface area (Å²) in [5.74, 6) is 0.779. The minimum Gasteiger partial charge on any atom is -0.495 e. The maximum Gasteiger partial charge on any atom is 0.249 e. The summed E-state index contributed by atoms with van der Waals surface area (Å²) < 4.78 is 16.4. The van der Waals surface area contributed by atoms with Crippen LogP contribution >= 0.6 is 0 Å². The maximum absolute atomic E-state index is 12.1. The zero-order valence-electron chi connectivity index (χ0n) is 17.4. The van der Waals surface area contributed by atoms with Crippen LogP contribution in [-0.2, 0) is 9.59 Å². The first-order valence-corrected chi connectivity index (χ1v) is 9.71. The van der Waals surface area contributed by atoms with Gasteiger partial charge in [0.15, 0.2) is 11.5 Å². The van der Waals surface area contributed by atoms with E-state index in [0.29, 0.717) is 36.1 Å². The molecule has 160 valence electrons. The van der Waals surface area contributed by atoms with Crippen LogP contribution < -0.4 is 25.0 Å². The van der Waals surface area contributed by atoms with Gasteiger partial charge in [0.05, 0.1) is 32.2 Å². The van der Waals surface area contributed by atoms with Crippen molar-refractivity contribution in [3.05, 3.63) is 48.0 Å². The summed E-state index contributed by atoms with van der Waals surface area (Å²) in [5.41, 5.74) is 3.56. The fourth-order valence-electron chi connectivity index (χ4n) is 2.51. The van der Waals surface area contributed by atoms with Gasteiger partial charge in [-0.05, 0) is 49.2 Å². The minimum atomic E-state index is -0.536. The summed E-state index contributed by atoms with van der Waals surface area (Å²) in [5, 5.41) is 6.54. The highest BCUT2D eigenvalue weighted by Crippen LogP contribution is 2.28. The summed E-state index contributed by atoms with van der Waals surface area (Å²) in [6.45, 7) is 5.02. The molecule has 0 atom stereocenters. The van der Waals surface area contributed by atoms with Gasteiger partial charge in [-0.25, -0.2) is 5.43 Å². The van der Waals surface area contributed by atoms with E-state index in [2.05, 4.69) is 15.8 Å². The molecular weight excluding hydrogens is 386 g/mol. The molecule has 0 fully saturated rings. The lowest BCUT2D eigenvalue weighted by molar-refractivity contribution is -0.126. The number of nitrogens with one attached hydrogen (secondary N) is 2. The molecule has 0 bridgehead atoms. The van der Waals surface area contributed by atoms with E-state index in [-0.39, 0.29) is 6.42 Å². The van der Waals surface area contributed by atoms with Gasteiger partial charge < -0.3 is 19.5 Å². The average Bonchev–Trinajstić information content (AvgIpc) is 2.73. The van der Waals surface area contributed by atoms with Gasteiger partial charge in [-0.3, -0.25) is 9.59 Å². The lowest BCUT2D eigenvalue weighted by Gasteiger charge is -2.11. The van der Waals surface area contributed by atoms with Crippen molar-refractivity contribution in [2.45, 2.75) is 26.7 Å².